The van der Waals surface area contributed by atoms with Crippen molar-refractivity contribution in [2.45, 2.75) is 30.6 Å². The highest BCUT2D eigenvalue weighted by Crippen LogP contribution is 2.21. The molecule has 0 radical (unpaired) electrons. The fourth-order valence-electron chi connectivity index (χ4n) is 2.57. The Morgan fingerprint density at radius 1 is 0.690 bits per heavy atom. The largest absolute Gasteiger partial charge is 0.291 e. The van der Waals surface area contributed by atoms with Crippen LogP contribution in [0.3, 0.4) is 0 Å². The zero-order chi connectivity index (χ0) is 21.1. The minimum atomic E-state index is -4.16. The maximum atomic E-state index is 13.7. The van der Waals surface area contributed by atoms with E-state index < -0.39 is 19.8 Å². The highest BCUT2D eigenvalue weighted by Gasteiger charge is 2.19. The Bertz CT molecular complexity index is 1320. The number of hydrogen-bond acceptors (Lipinski definition) is 3. The van der Waals surface area contributed by atoms with Gasteiger partial charge in [0.2, 0.25) is 0 Å². The van der Waals surface area contributed by atoms with Gasteiger partial charge in [-0.2, -0.15) is 8.42 Å². The lowest BCUT2D eigenvalue weighted by Gasteiger charge is -2.06. The molecule has 0 N–H and O–H groups in total. The molecule has 0 spiro atoms. The summed E-state index contributed by atoms with van der Waals surface area (Å²) in [5.41, 5.74) is 3.47. The molecule has 0 amide bonds. The van der Waals surface area contributed by atoms with Crippen molar-refractivity contribution in [2.75, 3.05) is 0 Å². The quantitative estimate of drug-likeness (QED) is 0.567. The molecular weight excluding hydrogens is 402 g/mol. The van der Waals surface area contributed by atoms with Crippen molar-refractivity contribution >= 4 is 19.8 Å². The molecule has 0 aliphatic carbocycles. The summed E-state index contributed by atoms with van der Waals surface area (Å²) in [6.07, 6.45) is 0. The molecule has 3 aromatic rings. The minimum Gasteiger partial charge on any atom is -0.230 e. The standard InChI is InChI=1S/C23H21NO3S2/c1-18-8-12-22(13-9-18)28(25,17-16-21-7-5-4-6-20(21)3)24-29(26,27)23-14-10-19(2)11-15-23/h4-15H,1-3H3. The van der Waals surface area contributed by atoms with Crippen LogP contribution in [0.2, 0.25) is 0 Å². The van der Waals surface area contributed by atoms with E-state index in [9.17, 15) is 12.6 Å². The van der Waals surface area contributed by atoms with Crippen molar-refractivity contribution in [1.82, 2.24) is 0 Å². The lowest BCUT2D eigenvalue weighted by molar-refractivity contribution is 0.598. The smallest absolute Gasteiger partial charge is 0.230 e. The Kier molecular flexibility index (Phi) is 5.92. The Hall–Kier alpha value is -2.88. The van der Waals surface area contributed by atoms with E-state index in [1.807, 2.05) is 39.0 Å². The second kappa shape index (κ2) is 8.24. The van der Waals surface area contributed by atoms with Gasteiger partial charge >= 0.3 is 0 Å². The lowest BCUT2D eigenvalue weighted by Crippen LogP contribution is -2.05. The van der Waals surface area contributed by atoms with Gasteiger partial charge in [0, 0.05) is 10.8 Å². The highest BCUT2D eigenvalue weighted by molar-refractivity contribution is 8.06. The first-order valence-electron chi connectivity index (χ1n) is 8.95. The molecule has 0 aromatic heterocycles. The van der Waals surface area contributed by atoms with Crippen LogP contribution >= 0.6 is 0 Å². The molecule has 0 bridgehead atoms. The number of rotatable bonds is 3. The summed E-state index contributed by atoms with van der Waals surface area (Å²) in [5.74, 6) is 2.87. The third kappa shape index (κ3) is 4.94. The Morgan fingerprint density at radius 2 is 1.21 bits per heavy atom. The number of benzene rings is 3. The zero-order valence-electron chi connectivity index (χ0n) is 16.4. The van der Waals surface area contributed by atoms with Crippen LogP contribution in [0.15, 0.2) is 86.4 Å². The van der Waals surface area contributed by atoms with Gasteiger partial charge in [-0.25, -0.2) is 4.21 Å². The molecule has 4 nitrogen and oxygen atoms in total. The molecule has 0 aliphatic heterocycles. The molecule has 0 saturated heterocycles. The van der Waals surface area contributed by atoms with Gasteiger partial charge in [-0.05, 0) is 56.7 Å². The summed E-state index contributed by atoms with van der Waals surface area (Å²) in [4.78, 5) is 0.250. The van der Waals surface area contributed by atoms with E-state index in [1.165, 1.54) is 12.1 Å². The SMILES string of the molecule is Cc1ccc(S(=O)(=O)N=S(=O)(C#Cc2ccccc2C)c2ccc(C)cc2)cc1. The Balaban J connectivity index is 2.22. The summed E-state index contributed by atoms with van der Waals surface area (Å²) in [6, 6.07) is 20.4. The lowest BCUT2D eigenvalue weighted by atomic mass is 10.1. The van der Waals surface area contributed by atoms with E-state index in [1.54, 1.807) is 42.5 Å². The summed E-state index contributed by atoms with van der Waals surface area (Å²) < 4.78 is 43.3. The van der Waals surface area contributed by atoms with Gasteiger partial charge in [-0.3, -0.25) is 0 Å². The van der Waals surface area contributed by atoms with Crippen molar-refractivity contribution in [2.24, 2.45) is 3.77 Å². The van der Waals surface area contributed by atoms with Crippen LogP contribution in [0.25, 0.3) is 0 Å². The van der Waals surface area contributed by atoms with Crippen LogP contribution in [-0.4, -0.2) is 12.6 Å². The molecule has 29 heavy (non-hydrogen) atoms. The van der Waals surface area contributed by atoms with E-state index in [-0.39, 0.29) is 9.79 Å². The predicted molar refractivity (Wildman–Crippen MR) is 116 cm³/mol. The van der Waals surface area contributed by atoms with E-state index in [0.29, 0.717) is 5.56 Å². The van der Waals surface area contributed by atoms with E-state index in [2.05, 4.69) is 14.9 Å². The van der Waals surface area contributed by atoms with Gasteiger partial charge in [0.1, 0.15) is 0 Å². The first-order valence-corrected chi connectivity index (χ1v) is 11.9. The highest BCUT2D eigenvalue weighted by atomic mass is 32.3. The van der Waals surface area contributed by atoms with E-state index in [0.717, 1.165) is 16.7 Å². The molecule has 3 rings (SSSR count). The van der Waals surface area contributed by atoms with Gasteiger partial charge in [-0.15, -0.1) is 0 Å². The fraction of sp³-hybridized carbons (Fsp3) is 0.130. The molecule has 6 heteroatoms. The van der Waals surface area contributed by atoms with Crippen LogP contribution in [0.5, 0.6) is 0 Å². The van der Waals surface area contributed by atoms with Crippen LogP contribution in [0, 0.1) is 31.9 Å². The van der Waals surface area contributed by atoms with Crippen molar-refractivity contribution in [1.29, 1.82) is 0 Å². The van der Waals surface area contributed by atoms with Crippen LogP contribution in [-0.2, 0) is 19.8 Å². The van der Waals surface area contributed by atoms with Gasteiger partial charge in [0.25, 0.3) is 10.0 Å². The maximum Gasteiger partial charge on any atom is 0.291 e. The number of sulfonamides is 1. The molecule has 3 aromatic carbocycles. The number of hydrogen-bond donors (Lipinski definition) is 0. The summed E-state index contributed by atoms with van der Waals surface area (Å²) in [6.45, 7) is 5.64. The van der Waals surface area contributed by atoms with Crippen molar-refractivity contribution < 1.29 is 12.6 Å². The molecule has 1 unspecified atom stereocenters. The van der Waals surface area contributed by atoms with Crippen molar-refractivity contribution in [3.05, 3.63) is 95.1 Å². The van der Waals surface area contributed by atoms with E-state index in [4.69, 9.17) is 0 Å². The maximum absolute atomic E-state index is 13.7. The third-order valence-corrected chi connectivity index (χ3v) is 8.11. The first-order chi connectivity index (χ1) is 13.7. The second-order valence-corrected chi connectivity index (χ2v) is 10.5. The summed E-state index contributed by atoms with van der Waals surface area (Å²) in [5, 5.41) is 2.66. The van der Waals surface area contributed by atoms with Gasteiger partial charge in [-0.1, -0.05) is 63.3 Å². The molecule has 0 heterocycles. The number of nitrogens with zero attached hydrogens (tertiary/aromatic N) is 1. The average Bonchev–Trinajstić information content (AvgIpc) is 2.68. The summed E-state index contributed by atoms with van der Waals surface area (Å²) in [7, 11) is -7.70. The third-order valence-electron chi connectivity index (χ3n) is 4.33. The Morgan fingerprint density at radius 3 is 1.76 bits per heavy atom. The summed E-state index contributed by atoms with van der Waals surface area (Å²) >= 11 is 0. The van der Waals surface area contributed by atoms with Gasteiger partial charge in [0.15, 0.2) is 9.73 Å². The minimum absolute atomic E-state index is 0.0133. The van der Waals surface area contributed by atoms with Crippen molar-refractivity contribution in [3.63, 3.8) is 0 Å². The zero-order valence-corrected chi connectivity index (χ0v) is 18.0. The van der Waals surface area contributed by atoms with Crippen LogP contribution in [0.4, 0.5) is 0 Å². The first kappa shape index (κ1) is 20.8. The average molecular weight is 424 g/mol. The predicted octanol–water partition coefficient (Wildman–Crippen LogP) is 4.84. The molecule has 0 aliphatic rings. The van der Waals surface area contributed by atoms with Gasteiger partial charge < -0.3 is 0 Å². The molecule has 148 valence electrons. The number of aryl methyl sites for hydroxylation is 3. The topological polar surface area (TPSA) is 63.6 Å². The Labute approximate surface area is 172 Å². The fourth-order valence-corrected chi connectivity index (χ4v) is 5.87. The van der Waals surface area contributed by atoms with E-state index >= 15 is 0 Å². The monoisotopic (exact) mass is 423 g/mol. The molecule has 0 fully saturated rings. The van der Waals surface area contributed by atoms with Crippen LogP contribution in [0.1, 0.15) is 22.3 Å². The molecule has 1 atom stereocenters. The second-order valence-electron chi connectivity index (χ2n) is 6.74. The van der Waals surface area contributed by atoms with Gasteiger partial charge in [0.05, 0.1) is 9.79 Å². The van der Waals surface area contributed by atoms with Crippen molar-refractivity contribution in [3.8, 4) is 11.2 Å². The molecule has 0 saturated carbocycles. The van der Waals surface area contributed by atoms with Crippen LogP contribution < -0.4 is 0 Å². The molecular formula is C23H21NO3S2. The normalized spacial score (nSPS) is 13.1.